The molecule has 0 aromatic rings. The van der Waals surface area contributed by atoms with E-state index in [-0.39, 0.29) is 0 Å². The molecule has 1 saturated heterocycles. The molecule has 2 unspecified atom stereocenters. The molecule has 0 aromatic heterocycles. The number of aliphatic carboxylic acids is 1. The number of allylic oxidation sites excluding steroid dienone is 1. The van der Waals surface area contributed by atoms with Crippen LogP contribution in [0.1, 0.15) is 12.8 Å². The highest BCUT2D eigenvalue weighted by atomic mass is 16.4. The van der Waals surface area contributed by atoms with Crippen molar-refractivity contribution in [2.75, 3.05) is 19.6 Å². The number of hydrogen-bond acceptors (Lipinski definition) is 5. The first-order valence-corrected chi connectivity index (χ1v) is 5.99. The van der Waals surface area contributed by atoms with Crippen molar-refractivity contribution in [3.05, 3.63) is 11.3 Å². The second-order valence-corrected chi connectivity index (χ2v) is 4.63. The normalized spacial score (nSPS) is 32.1. The Balaban J connectivity index is 1.88. The molecule has 0 radical (unpaired) electrons. The summed E-state index contributed by atoms with van der Waals surface area (Å²) >= 11 is 0. The lowest BCUT2D eigenvalue weighted by Crippen LogP contribution is -2.43. The lowest BCUT2D eigenvalue weighted by Gasteiger charge is -2.23. The van der Waals surface area contributed by atoms with Crippen LogP contribution in [0.15, 0.2) is 16.3 Å². The zero-order valence-corrected chi connectivity index (χ0v) is 9.52. The van der Waals surface area contributed by atoms with Crippen molar-refractivity contribution < 1.29 is 9.90 Å². The first kappa shape index (κ1) is 10.7. The quantitative estimate of drug-likeness (QED) is 0.564. The molecule has 3 heterocycles. The number of carboxylic acid groups (broad SMARTS) is 1. The summed E-state index contributed by atoms with van der Waals surface area (Å²) in [4.78, 5) is 15.1. The Morgan fingerprint density at radius 2 is 2.41 bits per heavy atom. The van der Waals surface area contributed by atoms with E-state index in [9.17, 15) is 4.79 Å². The van der Waals surface area contributed by atoms with E-state index in [0.717, 1.165) is 25.2 Å². The van der Waals surface area contributed by atoms with E-state index in [1.807, 2.05) is 0 Å². The fourth-order valence-electron chi connectivity index (χ4n) is 2.62. The highest BCUT2D eigenvalue weighted by Crippen LogP contribution is 2.25. The molecule has 17 heavy (non-hydrogen) atoms. The van der Waals surface area contributed by atoms with E-state index in [0.29, 0.717) is 19.0 Å². The smallest absolute Gasteiger partial charge is 0.328 e. The molecule has 0 aromatic carbocycles. The van der Waals surface area contributed by atoms with Crippen LogP contribution in [0.4, 0.5) is 0 Å². The van der Waals surface area contributed by atoms with Crippen molar-refractivity contribution in [2.45, 2.75) is 24.9 Å². The number of nitrogens with one attached hydrogen (secondary N) is 2. The van der Waals surface area contributed by atoms with E-state index in [2.05, 4.69) is 20.7 Å². The van der Waals surface area contributed by atoms with Crippen molar-refractivity contribution in [2.24, 2.45) is 4.99 Å². The first-order valence-electron chi connectivity index (χ1n) is 5.99. The zero-order valence-electron chi connectivity index (χ0n) is 9.52. The number of piperidine rings is 1. The number of hydrazine groups is 1. The Hall–Kier alpha value is -1.40. The summed E-state index contributed by atoms with van der Waals surface area (Å²) in [6.45, 7) is 2.59. The van der Waals surface area contributed by atoms with Gasteiger partial charge in [-0.05, 0) is 25.0 Å². The number of aliphatic imine (C=N–C) groups is 1. The number of nitrogens with zero attached hydrogens (tertiary/aromatic N) is 2. The topological polar surface area (TPSA) is 77.0 Å². The zero-order chi connectivity index (χ0) is 11.8. The van der Waals surface area contributed by atoms with E-state index in [4.69, 9.17) is 5.11 Å². The molecule has 92 valence electrons. The van der Waals surface area contributed by atoms with Gasteiger partial charge >= 0.3 is 5.97 Å². The van der Waals surface area contributed by atoms with Crippen LogP contribution in [0.2, 0.25) is 0 Å². The summed E-state index contributed by atoms with van der Waals surface area (Å²) in [5, 5.41) is 14.4. The van der Waals surface area contributed by atoms with Gasteiger partial charge in [0.05, 0.1) is 11.7 Å². The van der Waals surface area contributed by atoms with E-state index in [1.165, 1.54) is 5.57 Å². The third-order valence-electron chi connectivity index (χ3n) is 3.57. The molecule has 3 N–H and O–H groups in total. The second-order valence-electron chi connectivity index (χ2n) is 4.63. The van der Waals surface area contributed by atoms with Crippen molar-refractivity contribution in [3.63, 3.8) is 0 Å². The van der Waals surface area contributed by atoms with Gasteiger partial charge in [0.25, 0.3) is 0 Å². The molecule has 3 aliphatic heterocycles. The fraction of sp³-hybridized carbons (Fsp3) is 0.636. The van der Waals surface area contributed by atoms with Crippen molar-refractivity contribution in [1.82, 2.24) is 15.8 Å². The van der Waals surface area contributed by atoms with E-state index >= 15 is 0 Å². The van der Waals surface area contributed by atoms with Crippen LogP contribution < -0.4 is 10.7 Å². The van der Waals surface area contributed by atoms with Crippen LogP contribution in [0.5, 0.6) is 0 Å². The van der Waals surface area contributed by atoms with Gasteiger partial charge in [-0.15, -0.1) is 0 Å². The minimum Gasteiger partial charge on any atom is -0.480 e. The number of rotatable bonds is 1. The van der Waals surface area contributed by atoms with E-state index < -0.39 is 12.0 Å². The molecule has 1 fully saturated rings. The third kappa shape index (κ3) is 1.83. The highest BCUT2D eigenvalue weighted by Gasteiger charge is 2.33. The van der Waals surface area contributed by atoms with Gasteiger partial charge in [0, 0.05) is 19.3 Å². The van der Waals surface area contributed by atoms with Crippen molar-refractivity contribution in [1.29, 1.82) is 0 Å². The second kappa shape index (κ2) is 4.12. The summed E-state index contributed by atoms with van der Waals surface area (Å²) in [6, 6.07) is -0.204. The first-order chi connectivity index (χ1) is 8.25. The highest BCUT2D eigenvalue weighted by molar-refractivity contribution is 5.84. The van der Waals surface area contributed by atoms with Gasteiger partial charge < -0.3 is 15.4 Å². The van der Waals surface area contributed by atoms with Crippen LogP contribution in [-0.2, 0) is 4.79 Å². The largest absolute Gasteiger partial charge is 0.480 e. The Morgan fingerprint density at radius 3 is 3.24 bits per heavy atom. The molecule has 0 bridgehead atoms. The van der Waals surface area contributed by atoms with Crippen LogP contribution in [-0.4, -0.2) is 54.0 Å². The number of carbonyl (C=O) groups is 1. The number of fused-ring (bicyclic) bond motifs is 2. The molecule has 0 saturated carbocycles. The maximum absolute atomic E-state index is 10.9. The van der Waals surface area contributed by atoms with Gasteiger partial charge in [0.2, 0.25) is 0 Å². The van der Waals surface area contributed by atoms with Gasteiger partial charge in [-0.2, -0.15) is 0 Å². The summed E-state index contributed by atoms with van der Waals surface area (Å²) in [5.74, 6) is -0.841. The Bertz CT molecular complexity index is 404. The average molecular weight is 236 g/mol. The minimum absolute atomic E-state index is 0.402. The van der Waals surface area contributed by atoms with Gasteiger partial charge in [-0.3, -0.25) is 4.99 Å². The maximum Gasteiger partial charge on any atom is 0.328 e. The number of hydrogen-bond donors (Lipinski definition) is 3. The minimum atomic E-state index is -0.841. The molecule has 3 rings (SSSR count). The standard InChI is InChI=1S/C11H16N4O2/c16-11(17)9-2-4-15-10(6-13-9)7-5-12-3-1-8(7)14-15/h6,8-9,12,14H,1-5H2,(H,16,17). The van der Waals surface area contributed by atoms with Gasteiger partial charge in [0.1, 0.15) is 6.04 Å². The SMILES string of the molecule is O=C(O)C1CCN2NC3CCNCC3=C2C=N1. The molecule has 0 spiro atoms. The molecule has 0 amide bonds. The Morgan fingerprint density at radius 1 is 1.53 bits per heavy atom. The molecule has 2 atom stereocenters. The average Bonchev–Trinajstić information content (AvgIpc) is 2.53. The van der Waals surface area contributed by atoms with Crippen LogP contribution in [0.25, 0.3) is 0 Å². The third-order valence-corrected chi connectivity index (χ3v) is 3.57. The molecule has 3 aliphatic rings. The molecular formula is C11H16N4O2. The Labute approximate surface area is 99.4 Å². The van der Waals surface area contributed by atoms with Crippen LogP contribution >= 0.6 is 0 Å². The predicted octanol–water partition coefficient (Wildman–Crippen LogP) is -0.650. The summed E-state index contributed by atoms with van der Waals surface area (Å²) < 4.78 is 0. The maximum atomic E-state index is 10.9. The van der Waals surface area contributed by atoms with Crippen LogP contribution in [0.3, 0.4) is 0 Å². The van der Waals surface area contributed by atoms with Crippen molar-refractivity contribution in [3.8, 4) is 0 Å². The fourth-order valence-corrected chi connectivity index (χ4v) is 2.62. The molecule has 6 heteroatoms. The summed E-state index contributed by atoms with van der Waals surface area (Å²) in [5.41, 5.74) is 5.80. The summed E-state index contributed by atoms with van der Waals surface area (Å²) in [6.07, 6.45) is 3.35. The van der Waals surface area contributed by atoms with E-state index in [1.54, 1.807) is 6.21 Å². The lowest BCUT2D eigenvalue weighted by atomic mass is 10.0. The molecule has 6 nitrogen and oxygen atoms in total. The Kier molecular flexibility index (Phi) is 2.60. The molecule has 0 aliphatic carbocycles. The lowest BCUT2D eigenvalue weighted by molar-refractivity contribution is -0.138. The summed E-state index contributed by atoms with van der Waals surface area (Å²) in [7, 11) is 0. The number of carboxylic acids is 1. The van der Waals surface area contributed by atoms with Crippen LogP contribution in [0, 0.1) is 0 Å². The van der Waals surface area contributed by atoms with Gasteiger partial charge in [0.15, 0.2) is 0 Å². The molecular weight excluding hydrogens is 220 g/mol. The predicted molar refractivity (Wildman–Crippen MR) is 62.7 cm³/mol. The van der Waals surface area contributed by atoms with Gasteiger partial charge in [-0.1, -0.05) is 0 Å². The van der Waals surface area contributed by atoms with Gasteiger partial charge in [-0.25, -0.2) is 10.2 Å². The monoisotopic (exact) mass is 236 g/mol. The van der Waals surface area contributed by atoms with Crippen molar-refractivity contribution >= 4 is 12.2 Å².